The highest BCUT2D eigenvalue weighted by Crippen LogP contribution is 2.25. The zero-order chi connectivity index (χ0) is 23.6. The van der Waals surface area contributed by atoms with Gasteiger partial charge in [-0.15, -0.1) is 0 Å². The average Bonchev–Trinajstić information content (AvgIpc) is 3.27. The highest BCUT2D eigenvalue weighted by molar-refractivity contribution is 6.37. The van der Waals surface area contributed by atoms with E-state index in [4.69, 9.17) is 0 Å². The summed E-state index contributed by atoms with van der Waals surface area (Å²) in [6.45, 7) is 0. The Kier molecular flexibility index (Phi) is 8.75. The predicted molar refractivity (Wildman–Crippen MR) is 121 cm³/mol. The van der Waals surface area contributed by atoms with Crippen LogP contribution in [0.25, 0.3) is 11.4 Å². The number of hydrogen-bond acceptors (Lipinski definition) is 4. The molecule has 1 fully saturated rings. The molecule has 3 aromatic rings. The fraction of sp³-hybridized carbons (Fsp3) is 0.308. The molecule has 5 rings (SSSR count). The van der Waals surface area contributed by atoms with E-state index in [1.807, 2.05) is 6.07 Å². The van der Waals surface area contributed by atoms with E-state index in [0.717, 1.165) is 31.4 Å². The molecular formula is C26H26F2N2O3. The van der Waals surface area contributed by atoms with Gasteiger partial charge in [-0.3, -0.25) is 14.4 Å². The molecule has 0 atom stereocenters. The van der Waals surface area contributed by atoms with Crippen LogP contribution < -0.4 is 0 Å². The summed E-state index contributed by atoms with van der Waals surface area (Å²) < 4.78 is 25.9. The number of benzene rings is 2. The van der Waals surface area contributed by atoms with Gasteiger partial charge in [0.1, 0.15) is 17.5 Å². The fourth-order valence-corrected chi connectivity index (χ4v) is 3.65. The predicted octanol–water partition coefficient (Wildman–Crippen LogP) is 5.43. The zero-order valence-electron chi connectivity index (χ0n) is 18.3. The Hall–Kier alpha value is -3.48. The summed E-state index contributed by atoms with van der Waals surface area (Å²) in [5.74, 6) is -0.349. The number of hydrogen-bond donors (Lipinski definition) is 1. The molecule has 0 unspecified atom stereocenters. The Balaban J connectivity index is 0.000000153. The van der Waals surface area contributed by atoms with E-state index in [0.29, 0.717) is 30.5 Å². The molecule has 0 amide bonds. The summed E-state index contributed by atoms with van der Waals surface area (Å²) in [5, 5.41) is 0. The molecule has 5 nitrogen and oxygen atoms in total. The lowest BCUT2D eigenvalue weighted by molar-refractivity contribution is -0.137. The Morgan fingerprint density at radius 3 is 1.88 bits per heavy atom. The summed E-state index contributed by atoms with van der Waals surface area (Å²) in [4.78, 5) is 38.6. The molecule has 1 aromatic heterocycles. The van der Waals surface area contributed by atoms with Crippen molar-refractivity contribution >= 4 is 17.9 Å². The van der Waals surface area contributed by atoms with Crippen LogP contribution in [0, 0.1) is 11.6 Å². The molecule has 0 bridgehead atoms. The number of ketones is 2. The normalized spacial score (nSPS) is 14.8. The van der Waals surface area contributed by atoms with Crippen LogP contribution in [-0.2, 0) is 22.4 Å². The van der Waals surface area contributed by atoms with Gasteiger partial charge < -0.3 is 4.98 Å². The van der Waals surface area contributed by atoms with Gasteiger partial charge in [-0.2, -0.15) is 0 Å². The number of carbonyl (C=O) groups excluding carboxylic acids is 3. The van der Waals surface area contributed by atoms with Crippen LogP contribution in [0.3, 0.4) is 0 Å². The smallest absolute Gasteiger partial charge is 0.198 e. The van der Waals surface area contributed by atoms with Crippen molar-refractivity contribution in [2.75, 3.05) is 0 Å². The molecule has 1 N–H and O–H groups in total. The third kappa shape index (κ3) is 6.75. The Morgan fingerprint density at radius 2 is 1.33 bits per heavy atom. The van der Waals surface area contributed by atoms with Gasteiger partial charge in [-0.05, 0) is 62.8 Å². The Labute approximate surface area is 191 Å². The minimum atomic E-state index is -0.465. The van der Waals surface area contributed by atoms with Crippen LogP contribution in [0.2, 0.25) is 0 Å². The number of Topliss-reactive ketones (excluding diaryl/α,β-unsaturated/α-hetero) is 2. The fourth-order valence-electron chi connectivity index (χ4n) is 3.65. The quantitative estimate of drug-likeness (QED) is 0.415. The van der Waals surface area contributed by atoms with E-state index < -0.39 is 5.82 Å². The molecule has 0 spiro atoms. The first-order chi connectivity index (χ1) is 16.0. The SMILES string of the molecule is Fc1ccccc1-c1nc2c([nH]1)CCCC2.O=C1CCCCC1=O.O=Cc1ccccc1F. The first-order valence-electron chi connectivity index (χ1n) is 11.1. The van der Waals surface area contributed by atoms with E-state index in [-0.39, 0.29) is 22.9 Å². The second-order valence-corrected chi connectivity index (χ2v) is 7.89. The van der Waals surface area contributed by atoms with Crippen molar-refractivity contribution in [3.05, 3.63) is 77.1 Å². The van der Waals surface area contributed by atoms with E-state index in [1.54, 1.807) is 24.3 Å². The average molecular weight is 453 g/mol. The first-order valence-corrected chi connectivity index (χ1v) is 11.1. The lowest BCUT2D eigenvalue weighted by Gasteiger charge is -2.07. The molecule has 2 aromatic carbocycles. The molecule has 33 heavy (non-hydrogen) atoms. The molecule has 0 saturated heterocycles. The number of carbonyl (C=O) groups is 3. The zero-order valence-corrected chi connectivity index (χ0v) is 18.3. The van der Waals surface area contributed by atoms with Crippen LogP contribution in [0.5, 0.6) is 0 Å². The van der Waals surface area contributed by atoms with Crippen LogP contribution >= 0.6 is 0 Å². The highest BCUT2D eigenvalue weighted by atomic mass is 19.1. The number of nitrogens with zero attached hydrogens (tertiary/aromatic N) is 1. The van der Waals surface area contributed by atoms with Crippen LogP contribution in [0.4, 0.5) is 8.78 Å². The van der Waals surface area contributed by atoms with Gasteiger partial charge in [-0.25, -0.2) is 13.8 Å². The van der Waals surface area contributed by atoms with Crippen molar-refractivity contribution in [2.45, 2.75) is 51.4 Å². The first kappa shape index (κ1) is 24.2. The Bertz CT molecular complexity index is 1080. The lowest BCUT2D eigenvalue weighted by Crippen LogP contribution is -2.17. The number of nitrogens with one attached hydrogen (secondary N) is 1. The summed E-state index contributed by atoms with van der Waals surface area (Å²) >= 11 is 0. The van der Waals surface area contributed by atoms with Crippen molar-refractivity contribution in [1.82, 2.24) is 9.97 Å². The van der Waals surface area contributed by atoms with E-state index >= 15 is 0 Å². The van der Waals surface area contributed by atoms with E-state index in [1.165, 1.54) is 36.7 Å². The van der Waals surface area contributed by atoms with Crippen molar-refractivity contribution in [3.63, 3.8) is 0 Å². The molecule has 2 aliphatic rings. The van der Waals surface area contributed by atoms with Gasteiger partial charge >= 0.3 is 0 Å². The standard InChI is InChI=1S/C13H13FN2.C7H5FO.C6H8O2/c14-10-6-2-1-5-9(10)13-15-11-7-3-4-8-12(11)16-13;8-7-4-2-1-3-6(7)5-9;7-5-3-1-2-4-6(5)8/h1-2,5-6H,3-4,7-8H2,(H,15,16);1-5H;1-4H2. The highest BCUT2D eigenvalue weighted by Gasteiger charge is 2.17. The second kappa shape index (κ2) is 11.9. The number of aromatic nitrogens is 2. The minimum Gasteiger partial charge on any atom is -0.342 e. The number of imidazole rings is 1. The van der Waals surface area contributed by atoms with Gasteiger partial charge in [0.05, 0.1) is 16.8 Å². The van der Waals surface area contributed by atoms with Gasteiger partial charge in [-0.1, -0.05) is 24.3 Å². The third-order valence-corrected chi connectivity index (χ3v) is 5.48. The number of aromatic amines is 1. The van der Waals surface area contributed by atoms with Gasteiger partial charge in [0, 0.05) is 18.5 Å². The maximum absolute atomic E-state index is 13.6. The second-order valence-electron chi connectivity index (χ2n) is 7.89. The van der Waals surface area contributed by atoms with Crippen molar-refractivity contribution < 1.29 is 23.2 Å². The largest absolute Gasteiger partial charge is 0.342 e. The molecule has 7 heteroatoms. The van der Waals surface area contributed by atoms with Crippen LogP contribution in [0.15, 0.2) is 48.5 Å². The number of H-pyrrole nitrogens is 1. The van der Waals surface area contributed by atoms with Crippen LogP contribution in [0.1, 0.15) is 60.3 Å². The molecule has 1 heterocycles. The van der Waals surface area contributed by atoms with Gasteiger partial charge in [0.25, 0.3) is 0 Å². The summed E-state index contributed by atoms with van der Waals surface area (Å²) in [7, 11) is 0. The molecule has 172 valence electrons. The molecule has 1 saturated carbocycles. The summed E-state index contributed by atoms with van der Waals surface area (Å²) in [6.07, 6.45) is 7.72. The van der Waals surface area contributed by atoms with E-state index in [9.17, 15) is 23.2 Å². The van der Waals surface area contributed by atoms with Gasteiger partial charge in [0.2, 0.25) is 0 Å². The van der Waals surface area contributed by atoms with Crippen molar-refractivity contribution in [1.29, 1.82) is 0 Å². The van der Waals surface area contributed by atoms with Crippen LogP contribution in [-0.4, -0.2) is 27.8 Å². The Morgan fingerprint density at radius 1 is 0.758 bits per heavy atom. The number of rotatable bonds is 2. The monoisotopic (exact) mass is 452 g/mol. The third-order valence-electron chi connectivity index (χ3n) is 5.48. The summed E-state index contributed by atoms with van der Waals surface area (Å²) in [6, 6.07) is 12.6. The topological polar surface area (TPSA) is 79.9 Å². The minimum absolute atomic E-state index is 0.109. The maximum Gasteiger partial charge on any atom is 0.198 e. The molecule has 0 aliphatic heterocycles. The molecular weight excluding hydrogens is 426 g/mol. The lowest BCUT2D eigenvalue weighted by atomic mass is 9.98. The number of aldehydes is 1. The molecule has 2 aliphatic carbocycles. The van der Waals surface area contributed by atoms with E-state index in [2.05, 4.69) is 9.97 Å². The number of halogens is 2. The van der Waals surface area contributed by atoms with Crippen molar-refractivity contribution in [2.24, 2.45) is 0 Å². The van der Waals surface area contributed by atoms with Gasteiger partial charge in [0.15, 0.2) is 17.9 Å². The number of fused-ring (bicyclic) bond motifs is 1. The molecule has 0 radical (unpaired) electrons. The maximum atomic E-state index is 13.6. The summed E-state index contributed by atoms with van der Waals surface area (Å²) in [5.41, 5.74) is 2.98. The number of aryl methyl sites for hydroxylation is 2. The van der Waals surface area contributed by atoms with Crippen molar-refractivity contribution in [3.8, 4) is 11.4 Å².